The molecule has 0 aliphatic carbocycles. The van der Waals surface area contributed by atoms with Crippen LogP contribution in [0.5, 0.6) is 5.75 Å². The molecule has 0 atom stereocenters. The van der Waals surface area contributed by atoms with Crippen LogP contribution in [-0.2, 0) is 20.2 Å². The summed E-state index contributed by atoms with van der Waals surface area (Å²) in [6, 6.07) is 15.1. The van der Waals surface area contributed by atoms with E-state index in [0.29, 0.717) is 17.3 Å². The Bertz CT molecular complexity index is 1610. The number of aryl methyl sites for hydroxylation is 3. The molecular formula is C27H24ClN5O2. The van der Waals surface area contributed by atoms with Gasteiger partial charge in [0.05, 0.1) is 17.3 Å². The van der Waals surface area contributed by atoms with Crippen molar-refractivity contribution in [2.75, 3.05) is 0 Å². The molecule has 5 aromatic rings. The molecule has 4 aromatic heterocycles. The van der Waals surface area contributed by atoms with Gasteiger partial charge in [0.2, 0.25) is 0 Å². The molecule has 0 saturated heterocycles. The summed E-state index contributed by atoms with van der Waals surface area (Å²) in [5, 5.41) is 5.78. The van der Waals surface area contributed by atoms with Crippen LogP contribution >= 0.6 is 11.6 Å². The number of halogens is 1. The average molecular weight is 486 g/mol. The first-order valence-electron chi connectivity index (χ1n) is 11.2. The lowest BCUT2D eigenvalue weighted by molar-refractivity contribution is 0.307. The maximum absolute atomic E-state index is 12.4. The normalized spacial score (nSPS) is 11.2. The summed E-state index contributed by atoms with van der Waals surface area (Å²) in [6.45, 7) is 4.44. The molecule has 7 nitrogen and oxygen atoms in total. The molecule has 176 valence electrons. The molecule has 0 radical (unpaired) electrons. The standard InChI is InChI=1S/C27H24ClN5O2/c1-17-12-21(24-10-11-30-32(24)3)20-7-5-8-25(27(20)31-17)35-16-22-19(13-29-14-23(22)28)15-33-18(2)6-4-9-26(33)34/h4-14H,15-16H2,1-3H3. The summed E-state index contributed by atoms with van der Waals surface area (Å²) >= 11 is 6.54. The topological polar surface area (TPSA) is 74.8 Å². The van der Waals surface area contributed by atoms with E-state index in [1.165, 1.54) is 0 Å². The van der Waals surface area contributed by atoms with Crippen molar-refractivity contribution in [2.45, 2.75) is 27.0 Å². The van der Waals surface area contributed by atoms with E-state index in [9.17, 15) is 4.79 Å². The van der Waals surface area contributed by atoms with Crippen molar-refractivity contribution >= 4 is 22.5 Å². The molecule has 0 aliphatic rings. The lowest BCUT2D eigenvalue weighted by atomic mass is 10.0. The van der Waals surface area contributed by atoms with Crippen LogP contribution in [0, 0.1) is 13.8 Å². The summed E-state index contributed by atoms with van der Waals surface area (Å²) in [4.78, 5) is 21.4. The fourth-order valence-corrected chi connectivity index (χ4v) is 4.50. The first kappa shape index (κ1) is 22.8. The molecule has 4 heterocycles. The minimum Gasteiger partial charge on any atom is -0.487 e. The van der Waals surface area contributed by atoms with Gasteiger partial charge in [-0.1, -0.05) is 29.8 Å². The third-order valence-corrected chi connectivity index (χ3v) is 6.42. The number of hydrogen-bond donors (Lipinski definition) is 0. The molecule has 5 rings (SSSR count). The van der Waals surface area contributed by atoms with E-state index < -0.39 is 0 Å². The zero-order valence-corrected chi connectivity index (χ0v) is 20.5. The molecule has 0 saturated carbocycles. The highest BCUT2D eigenvalue weighted by Crippen LogP contribution is 2.33. The zero-order chi connectivity index (χ0) is 24.5. The Labute approximate surface area is 207 Å². The van der Waals surface area contributed by atoms with E-state index in [4.69, 9.17) is 21.3 Å². The van der Waals surface area contributed by atoms with Crippen molar-refractivity contribution in [1.82, 2.24) is 24.3 Å². The van der Waals surface area contributed by atoms with Gasteiger partial charge in [-0.3, -0.25) is 14.5 Å². The molecule has 0 N–H and O–H groups in total. The number of benzene rings is 1. The lowest BCUT2D eigenvalue weighted by Crippen LogP contribution is -2.22. The highest BCUT2D eigenvalue weighted by Gasteiger charge is 2.15. The maximum atomic E-state index is 12.4. The van der Waals surface area contributed by atoms with Gasteiger partial charge in [0, 0.05) is 59.6 Å². The van der Waals surface area contributed by atoms with Crippen molar-refractivity contribution in [3.05, 3.63) is 105 Å². The molecule has 35 heavy (non-hydrogen) atoms. The van der Waals surface area contributed by atoms with Crippen LogP contribution < -0.4 is 10.3 Å². The van der Waals surface area contributed by atoms with Crippen LogP contribution in [0.15, 0.2) is 71.9 Å². The SMILES string of the molecule is Cc1cc(-c2ccnn2C)c2cccc(OCc3c(Cl)cncc3Cn3c(C)cccc3=O)c2n1. The predicted octanol–water partition coefficient (Wildman–Crippen LogP) is 5.09. The number of rotatable bonds is 6. The van der Waals surface area contributed by atoms with Gasteiger partial charge in [0.25, 0.3) is 5.56 Å². The van der Waals surface area contributed by atoms with E-state index in [0.717, 1.165) is 44.7 Å². The van der Waals surface area contributed by atoms with Gasteiger partial charge in [-0.05, 0) is 43.7 Å². The first-order chi connectivity index (χ1) is 16.9. The van der Waals surface area contributed by atoms with Crippen molar-refractivity contribution in [2.24, 2.45) is 7.05 Å². The number of para-hydroxylation sites is 1. The van der Waals surface area contributed by atoms with Crippen molar-refractivity contribution < 1.29 is 4.74 Å². The van der Waals surface area contributed by atoms with E-state index in [1.54, 1.807) is 35.3 Å². The molecule has 0 unspecified atom stereocenters. The summed E-state index contributed by atoms with van der Waals surface area (Å²) < 4.78 is 9.84. The Kier molecular flexibility index (Phi) is 6.09. The highest BCUT2D eigenvalue weighted by molar-refractivity contribution is 6.31. The average Bonchev–Trinajstić information content (AvgIpc) is 3.26. The number of fused-ring (bicyclic) bond motifs is 1. The number of ether oxygens (including phenoxy) is 1. The third-order valence-electron chi connectivity index (χ3n) is 6.09. The second-order valence-electron chi connectivity index (χ2n) is 8.44. The van der Waals surface area contributed by atoms with Gasteiger partial charge in [0.1, 0.15) is 17.9 Å². The van der Waals surface area contributed by atoms with E-state index >= 15 is 0 Å². The largest absolute Gasteiger partial charge is 0.487 e. The molecule has 0 bridgehead atoms. The zero-order valence-electron chi connectivity index (χ0n) is 19.7. The molecule has 0 fully saturated rings. The van der Waals surface area contributed by atoms with Crippen molar-refractivity contribution in [3.63, 3.8) is 0 Å². The van der Waals surface area contributed by atoms with Gasteiger partial charge in [0.15, 0.2) is 0 Å². The summed E-state index contributed by atoms with van der Waals surface area (Å²) in [5.41, 5.74) is 6.09. The highest BCUT2D eigenvalue weighted by atomic mass is 35.5. The minimum absolute atomic E-state index is 0.0757. The fraction of sp³-hybridized carbons (Fsp3) is 0.185. The second kappa shape index (κ2) is 9.35. The number of hydrogen-bond acceptors (Lipinski definition) is 5. The Balaban J connectivity index is 1.52. The summed E-state index contributed by atoms with van der Waals surface area (Å²) in [5.74, 6) is 0.654. The van der Waals surface area contributed by atoms with E-state index in [-0.39, 0.29) is 12.2 Å². The number of pyridine rings is 3. The number of aromatic nitrogens is 5. The molecular weight excluding hydrogens is 462 g/mol. The number of nitrogens with zero attached hydrogens (tertiary/aromatic N) is 5. The molecule has 0 amide bonds. The second-order valence-corrected chi connectivity index (χ2v) is 8.85. The molecule has 0 aliphatic heterocycles. The van der Waals surface area contributed by atoms with Crippen LogP contribution in [0.1, 0.15) is 22.5 Å². The smallest absolute Gasteiger partial charge is 0.251 e. The molecule has 1 aromatic carbocycles. The summed E-state index contributed by atoms with van der Waals surface area (Å²) in [6.07, 6.45) is 5.11. The monoisotopic (exact) mass is 485 g/mol. The van der Waals surface area contributed by atoms with E-state index in [1.807, 2.05) is 55.9 Å². The van der Waals surface area contributed by atoms with Gasteiger partial charge in [-0.15, -0.1) is 0 Å². The van der Waals surface area contributed by atoms with Crippen LogP contribution in [0.2, 0.25) is 5.02 Å². The Hall–Kier alpha value is -3.97. The van der Waals surface area contributed by atoms with Crippen LogP contribution in [0.25, 0.3) is 22.2 Å². The van der Waals surface area contributed by atoms with Crippen LogP contribution in [0.3, 0.4) is 0 Å². The van der Waals surface area contributed by atoms with Gasteiger partial charge in [-0.25, -0.2) is 4.98 Å². The third kappa shape index (κ3) is 4.42. The van der Waals surface area contributed by atoms with Crippen LogP contribution in [0.4, 0.5) is 0 Å². The van der Waals surface area contributed by atoms with Gasteiger partial charge >= 0.3 is 0 Å². The first-order valence-corrected chi connectivity index (χ1v) is 11.6. The van der Waals surface area contributed by atoms with Crippen molar-refractivity contribution in [3.8, 4) is 17.0 Å². The minimum atomic E-state index is -0.0757. The maximum Gasteiger partial charge on any atom is 0.251 e. The van der Waals surface area contributed by atoms with Crippen LogP contribution in [-0.4, -0.2) is 24.3 Å². The fourth-order valence-electron chi connectivity index (χ4n) is 4.26. The molecule has 0 spiro atoms. The van der Waals surface area contributed by atoms with Crippen molar-refractivity contribution in [1.29, 1.82) is 0 Å². The molecule has 8 heteroatoms. The van der Waals surface area contributed by atoms with Gasteiger partial charge < -0.3 is 9.30 Å². The quantitative estimate of drug-likeness (QED) is 0.335. The van der Waals surface area contributed by atoms with Gasteiger partial charge in [-0.2, -0.15) is 5.10 Å². The predicted molar refractivity (Wildman–Crippen MR) is 137 cm³/mol. The van der Waals surface area contributed by atoms with E-state index in [2.05, 4.69) is 16.1 Å². The Morgan fingerprint density at radius 1 is 1.06 bits per heavy atom. The summed E-state index contributed by atoms with van der Waals surface area (Å²) in [7, 11) is 1.92. The lowest BCUT2D eigenvalue weighted by Gasteiger charge is -2.16. The Morgan fingerprint density at radius 2 is 1.89 bits per heavy atom. The Morgan fingerprint density at radius 3 is 2.66 bits per heavy atom.